The van der Waals surface area contributed by atoms with Crippen LogP contribution in [0, 0.1) is 5.41 Å². The molecule has 0 bridgehead atoms. The van der Waals surface area contributed by atoms with Crippen molar-refractivity contribution >= 4 is 17.5 Å². The van der Waals surface area contributed by atoms with Crippen LogP contribution in [0.1, 0.15) is 95.5 Å². The van der Waals surface area contributed by atoms with Crippen LogP contribution in [-0.2, 0) is 10.6 Å². The van der Waals surface area contributed by atoms with Crippen LogP contribution < -0.4 is 5.32 Å². The number of hydrogen-bond donors (Lipinski definition) is 1. The molecule has 160 valence electrons. The van der Waals surface area contributed by atoms with E-state index >= 15 is 0 Å². The lowest BCUT2D eigenvalue weighted by atomic mass is 9.73. The van der Waals surface area contributed by atoms with Crippen molar-refractivity contribution in [2.24, 2.45) is 5.41 Å². The van der Waals surface area contributed by atoms with E-state index < -0.39 is 0 Å². The Morgan fingerprint density at radius 1 is 1.07 bits per heavy atom. The van der Waals surface area contributed by atoms with Gasteiger partial charge in [0.2, 0.25) is 0 Å². The highest BCUT2D eigenvalue weighted by Gasteiger charge is 2.35. The number of unbranched alkanes of at least 4 members (excludes halogenated alkanes) is 1. The van der Waals surface area contributed by atoms with E-state index in [1.54, 1.807) is 7.11 Å². The summed E-state index contributed by atoms with van der Waals surface area (Å²) in [4.78, 5) is 12.9. The van der Waals surface area contributed by atoms with Gasteiger partial charge in [-0.25, -0.2) is 0 Å². The molecule has 3 nitrogen and oxygen atoms in total. The number of carbonyl (C=O) groups excluding carboxylic acids is 1. The van der Waals surface area contributed by atoms with E-state index in [2.05, 4.69) is 39.9 Å². The Hall–Kier alpha value is -1.06. The molecule has 0 aliphatic rings. The number of ether oxygens (including phenoxy) is 1. The summed E-state index contributed by atoms with van der Waals surface area (Å²) in [7, 11) is 1.79. The van der Waals surface area contributed by atoms with Crippen molar-refractivity contribution in [3.8, 4) is 0 Å². The van der Waals surface area contributed by atoms with Crippen LogP contribution >= 0.6 is 11.6 Å². The number of amides is 1. The summed E-state index contributed by atoms with van der Waals surface area (Å²) in [6.07, 6.45) is 7.64. The number of halogens is 1. The van der Waals surface area contributed by atoms with Crippen LogP contribution in [0.2, 0.25) is 0 Å². The highest BCUT2D eigenvalue weighted by atomic mass is 35.5. The van der Waals surface area contributed by atoms with Crippen LogP contribution in [0.25, 0.3) is 0 Å². The van der Waals surface area contributed by atoms with Gasteiger partial charge in [-0.1, -0.05) is 52.2 Å². The average Bonchev–Trinajstić information content (AvgIpc) is 2.70. The monoisotopic (exact) mass is 409 g/mol. The van der Waals surface area contributed by atoms with Crippen LogP contribution in [-0.4, -0.2) is 24.7 Å². The van der Waals surface area contributed by atoms with Crippen molar-refractivity contribution in [1.29, 1.82) is 0 Å². The molecule has 3 atom stereocenters. The van der Waals surface area contributed by atoms with Gasteiger partial charge in [0.25, 0.3) is 5.91 Å². The fourth-order valence-corrected chi connectivity index (χ4v) is 4.04. The minimum atomic E-state index is -0.222. The third kappa shape index (κ3) is 7.40. The first kappa shape index (κ1) is 25.0. The number of hydrogen-bond acceptors (Lipinski definition) is 2. The van der Waals surface area contributed by atoms with Gasteiger partial charge in [-0.3, -0.25) is 4.79 Å². The van der Waals surface area contributed by atoms with E-state index in [1.807, 2.05) is 24.3 Å². The molecular weight excluding hydrogens is 370 g/mol. The summed E-state index contributed by atoms with van der Waals surface area (Å²) in [6.45, 7) is 11.1. The molecule has 0 saturated heterocycles. The Balaban J connectivity index is 2.91. The summed E-state index contributed by atoms with van der Waals surface area (Å²) in [5.74, 6) is 0.459. The van der Waals surface area contributed by atoms with Gasteiger partial charge in [0.1, 0.15) is 0 Å². The summed E-state index contributed by atoms with van der Waals surface area (Å²) in [5, 5.41) is 3.34. The highest BCUT2D eigenvalue weighted by molar-refractivity contribution is 6.17. The minimum Gasteiger partial charge on any atom is -0.381 e. The van der Waals surface area contributed by atoms with Gasteiger partial charge in [0, 0.05) is 24.1 Å². The number of rotatable bonds is 13. The van der Waals surface area contributed by atoms with Crippen molar-refractivity contribution in [2.45, 2.75) is 97.1 Å². The van der Waals surface area contributed by atoms with Crippen molar-refractivity contribution in [1.82, 2.24) is 5.32 Å². The van der Waals surface area contributed by atoms with E-state index in [1.165, 1.54) is 0 Å². The highest BCUT2D eigenvalue weighted by Crippen LogP contribution is 2.37. The molecule has 0 radical (unpaired) electrons. The van der Waals surface area contributed by atoms with E-state index in [4.69, 9.17) is 16.3 Å². The largest absolute Gasteiger partial charge is 0.381 e. The first-order chi connectivity index (χ1) is 13.2. The zero-order chi connectivity index (χ0) is 21.2. The van der Waals surface area contributed by atoms with E-state index in [-0.39, 0.29) is 23.0 Å². The van der Waals surface area contributed by atoms with Gasteiger partial charge in [-0.05, 0) is 62.6 Å². The molecule has 0 aliphatic carbocycles. The summed E-state index contributed by atoms with van der Waals surface area (Å²) >= 11 is 5.86. The van der Waals surface area contributed by atoms with Gasteiger partial charge >= 0.3 is 0 Å². The molecule has 1 aromatic carbocycles. The zero-order valence-corrected chi connectivity index (χ0v) is 19.5. The van der Waals surface area contributed by atoms with Gasteiger partial charge in [0.05, 0.1) is 6.10 Å². The van der Waals surface area contributed by atoms with Crippen LogP contribution in [0.5, 0.6) is 0 Å². The summed E-state index contributed by atoms with van der Waals surface area (Å²) in [5.41, 5.74) is 1.61. The smallest absolute Gasteiger partial charge is 0.251 e. The fourth-order valence-electron chi connectivity index (χ4n) is 3.86. The molecule has 1 aromatic rings. The number of benzene rings is 1. The lowest BCUT2D eigenvalue weighted by molar-refractivity contribution is -0.00573. The molecule has 1 amide bonds. The standard InChI is InChI=1S/C24H40ClNO2/c1-7-9-15-24(5,17-16-23(4,14-8-2)19(3)28-6)26-22(27)21-12-10-20(18-25)11-13-21/h10-13,19H,7-9,14-18H2,1-6H3,(H,26,27). The number of carbonyl (C=O) groups is 1. The molecule has 0 aliphatic heterocycles. The number of methoxy groups -OCH3 is 1. The SMILES string of the molecule is CCCCC(C)(CCC(C)(CCC)C(C)OC)NC(=O)c1ccc(CCl)cc1. The second-order valence-electron chi connectivity index (χ2n) is 8.73. The lowest BCUT2D eigenvalue weighted by Gasteiger charge is -2.39. The Morgan fingerprint density at radius 2 is 1.71 bits per heavy atom. The van der Waals surface area contributed by atoms with Gasteiger partial charge in [0.15, 0.2) is 0 Å². The van der Waals surface area contributed by atoms with Gasteiger partial charge in [-0.2, -0.15) is 0 Å². The molecule has 0 saturated carbocycles. The lowest BCUT2D eigenvalue weighted by Crippen LogP contribution is -2.47. The normalized spacial score (nSPS) is 16.8. The maximum atomic E-state index is 12.9. The quantitative estimate of drug-likeness (QED) is 0.367. The van der Waals surface area contributed by atoms with E-state index in [9.17, 15) is 4.79 Å². The second-order valence-corrected chi connectivity index (χ2v) is 9.00. The Kier molecular flexibility index (Phi) is 10.5. The molecular formula is C24H40ClNO2. The van der Waals surface area contributed by atoms with Crippen molar-refractivity contribution in [3.63, 3.8) is 0 Å². The molecule has 1 N–H and O–H groups in total. The molecule has 1 rings (SSSR count). The Bertz CT molecular complexity index is 589. The van der Waals surface area contributed by atoms with Crippen molar-refractivity contribution < 1.29 is 9.53 Å². The topological polar surface area (TPSA) is 38.3 Å². The summed E-state index contributed by atoms with van der Waals surface area (Å²) in [6, 6.07) is 7.57. The summed E-state index contributed by atoms with van der Waals surface area (Å²) < 4.78 is 5.69. The first-order valence-corrected chi connectivity index (χ1v) is 11.3. The van der Waals surface area contributed by atoms with Crippen LogP contribution in [0.15, 0.2) is 24.3 Å². The molecule has 0 spiro atoms. The number of alkyl halides is 1. The van der Waals surface area contributed by atoms with Crippen molar-refractivity contribution in [3.05, 3.63) is 35.4 Å². The molecule has 0 aromatic heterocycles. The average molecular weight is 410 g/mol. The zero-order valence-electron chi connectivity index (χ0n) is 18.7. The molecule has 3 unspecified atom stereocenters. The first-order valence-electron chi connectivity index (χ1n) is 10.7. The number of nitrogens with one attached hydrogen (secondary N) is 1. The maximum Gasteiger partial charge on any atom is 0.251 e. The molecule has 28 heavy (non-hydrogen) atoms. The second kappa shape index (κ2) is 11.8. The predicted molar refractivity (Wildman–Crippen MR) is 120 cm³/mol. The minimum absolute atomic E-state index is 0.00305. The van der Waals surface area contributed by atoms with Crippen LogP contribution in [0.4, 0.5) is 0 Å². The van der Waals surface area contributed by atoms with E-state index in [0.29, 0.717) is 11.4 Å². The Morgan fingerprint density at radius 3 is 2.21 bits per heavy atom. The predicted octanol–water partition coefficient (Wildman–Crippen LogP) is 6.73. The van der Waals surface area contributed by atoms with E-state index in [0.717, 1.165) is 50.5 Å². The van der Waals surface area contributed by atoms with Gasteiger partial charge < -0.3 is 10.1 Å². The van der Waals surface area contributed by atoms with Gasteiger partial charge in [-0.15, -0.1) is 11.6 Å². The third-order valence-corrected chi connectivity index (χ3v) is 6.58. The van der Waals surface area contributed by atoms with Crippen LogP contribution in [0.3, 0.4) is 0 Å². The van der Waals surface area contributed by atoms with Crippen molar-refractivity contribution in [2.75, 3.05) is 7.11 Å². The molecule has 0 fully saturated rings. The Labute approximate surface area is 177 Å². The fraction of sp³-hybridized carbons (Fsp3) is 0.708. The molecule has 0 heterocycles. The maximum absolute atomic E-state index is 12.9. The third-order valence-electron chi connectivity index (χ3n) is 6.27. The molecule has 4 heteroatoms.